The number of anilines is 1. The van der Waals surface area contributed by atoms with E-state index in [1.54, 1.807) is 48.5 Å². The van der Waals surface area contributed by atoms with Crippen LogP contribution >= 0.6 is 0 Å². The molecule has 1 heterocycles. The average molecular weight is 416 g/mol. The Morgan fingerprint density at radius 2 is 1.69 bits per heavy atom. The van der Waals surface area contributed by atoms with Gasteiger partial charge in [-0.25, -0.2) is 12.7 Å². The molecule has 2 aromatic carbocycles. The number of hydrogen-bond donors (Lipinski definition) is 1. The van der Waals surface area contributed by atoms with E-state index >= 15 is 0 Å². The van der Waals surface area contributed by atoms with Gasteiger partial charge in [-0.2, -0.15) is 0 Å². The van der Waals surface area contributed by atoms with Crippen LogP contribution in [-0.2, 0) is 19.6 Å². The molecular weight excluding hydrogens is 396 g/mol. The smallest absolute Gasteiger partial charge is 0.268 e. The number of carbonyl (C=O) groups excluding carboxylic acids is 2. The Hall–Kier alpha value is -3.33. The molecule has 0 saturated carbocycles. The number of nitrogens with zero attached hydrogens (tertiary/aromatic N) is 1. The van der Waals surface area contributed by atoms with E-state index in [4.69, 9.17) is 9.47 Å². The number of amides is 2. The second-order valence-corrected chi connectivity index (χ2v) is 8.05. The van der Waals surface area contributed by atoms with Crippen LogP contribution in [0.4, 0.5) is 5.69 Å². The molecule has 0 bridgehead atoms. The summed E-state index contributed by atoms with van der Waals surface area (Å²) in [4.78, 5) is 24.9. The fourth-order valence-electron chi connectivity index (χ4n) is 3.03. The van der Waals surface area contributed by atoms with Crippen molar-refractivity contribution in [2.24, 2.45) is 0 Å². The van der Waals surface area contributed by atoms with Gasteiger partial charge in [0.05, 0.1) is 19.9 Å². The summed E-state index contributed by atoms with van der Waals surface area (Å²) < 4.78 is 36.8. The molecule has 29 heavy (non-hydrogen) atoms. The maximum atomic E-state index is 13.0. The lowest BCUT2D eigenvalue weighted by molar-refractivity contribution is -0.126. The van der Waals surface area contributed by atoms with Gasteiger partial charge in [-0.05, 0) is 48.9 Å². The van der Waals surface area contributed by atoms with Gasteiger partial charge in [0.15, 0.2) is 0 Å². The predicted octanol–water partition coefficient (Wildman–Crippen LogP) is 2.25. The van der Waals surface area contributed by atoms with Crippen LogP contribution in [0.2, 0.25) is 0 Å². The van der Waals surface area contributed by atoms with E-state index in [2.05, 4.69) is 5.32 Å². The molecule has 0 spiro atoms. The van der Waals surface area contributed by atoms with Crippen molar-refractivity contribution in [2.75, 3.05) is 26.1 Å². The molecule has 9 heteroatoms. The van der Waals surface area contributed by atoms with Gasteiger partial charge in [-0.3, -0.25) is 9.59 Å². The molecule has 1 aliphatic rings. The normalized spacial score (nSPS) is 15.4. The van der Waals surface area contributed by atoms with Crippen LogP contribution in [0.25, 0.3) is 4.91 Å². The van der Waals surface area contributed by atoms with Crippen molar-refractivity contribution in [1.29, 1.82) is 0 Å². The highest BCUT2D eigenvalue weighted by Gasteiger charge is 2.43. The van der Waals surface area contributed by atoms with Crippen molar-refractivity contribution < 1.29 is 27.5 Å². The summed E-state index contributed by atoms with van der Waals surface area (Å²) in [5, 5.41) is 2.57. The Bertz CT molecular complexity index is 1090. The van der Waals surface area contributed by atoms with Gasteiger partial charge in [0, 0.05) is 5.57 Å². The first kappa shape index (κ1) is 20.4. The molecule has 3 rings (SSSR count). The first-order valence-corrected chi connectivity index (χ1v) is 10.1. The number of hydrogen-bond acceptors (Lipinski definition) is 6. The van der Waals surface area contributed by atoms with Crippen LogP contribution in [0.5, 0.6) is 11.5 Å². The molecule has 0 atom stereocenters. The number of benzene rings is 2. The van der Waals surface area contributed by atoms with Crippen molar-refractivity contribution in [1.82, 2.24) is 4.31 Å². The monoisotopic (exact) mass is 416 g/mol. The lowest BCUT2D eigenvalue weighted by Crippen LogP contribution is -2.38. The molecule has 0 unspecified atom stereocenters. The minimum atomic E-state index is -4.17. The molecule has 0 aromatic heterocycles. The molecule has 0 saturated heterocycles. The first-order valence-electron chi connectivity index (χ1n) is 8.65. The summed E-state index contributed by atoms with van der Waals surface area (Å²) >= 11 is 0. The zero-order chi connectivity index (χ0) is 21.2. The molecule has 8 nitrogen and oxygen atoms in total. The Labute approximate surface area is 168 Å². The number of ether oxygens (including phenoxy) is 2. The molecule has 152 valence electrons. The second kappa shape index (κ2) is 7.96. The second-order valence-electron chi connectivity index (χ2n) is 6.25. The number of nitrogens with one attached hydrogen (secondary N) is 1. The van der Waals surface area contributed by atoms with Gasteiger partial charge in [0.25, 0.3) is 15.9 Å². The summed E-state index contributed by atoms with van der Waals surface area (Å²) in [5.41, 5.74) is 0.786. The van der Waals surface area contributed by atoms with E-state index in [0.29, 0.717) is 27.1 Å². The number of para-hydroxylation sites is 2. The topological polar surface area (TPSA) is 102 Å². The zero-order valence-electron chi connectivity index (χ0n) is 16.1. The molecule has 0 radical (unpaired) electrons. The molecule has 1 N–H and O–H groups in total. The molecule has 1 aliphatic heterocycles. The fourth-order valence-corrected chi connectivity index (χ4v) is 4.80. The van der Waals surface area contributed by atoms with Gasteiger partial charge < -0.3 is 14.8 Å². The standard InChI is InChI=1S/C20H20N2O6S/c1-13-19(14-8-10-15(27-2)11-9-14)29(25,26)22(20(13)24)12-18(23)21-16-6-4-5-7-17(16)28-3/h4-11H,12H2,1-3H3,(H,21,23). The van der Waals surface area contributed by atoms with Gasteiger partial charge >= 0.3 is 0 Å². The number of rotatable bonds is 6. The van der Waals surface area contributed by atoms with E-state index in [0.717, 1.165) is 0 Å². The minimum absolute atomic E-state index is 0.0558. The van der Waals surface area contributed by atoms with Crippen LogP contribution in [0.15, 0.2) is 54.1 Å². The summed E-state index contributed by atoms with van der Waals surface area (Å²) in [7, 11) is -1.22. The third-order valence-corrected chi connectivity index (χ3v) is 6.39. The average Bonchev–Trinajstić information content (AvgIpc) is 2.87. The lowest BCUT2D eigenvalue weighted by atomic mass is 10.1. The Kier molecular flexibility index (Phi) is 5.60. The van der Waals surface area contributed by atoms with Crippen molar-refractivity contribution >= 4 is 32.4 Å². The van der Waals surface area contributed by atoms with Crippen LogP contribution in [0.1, 0.15) is 12.5 Å². The largest absolute Gasteiger partial charge is 0.497 e. The highest BCUT2D eigenvalue weighted by molar-refractivity contribution is 7.99. The SMILES string of the molecule is COc1ccc(C2=C(C)C(=O)N(CC(=O)Nc3ccccc3OC)S2(=O)=O)cc1. The highest BCUT2D eigenvalue weighted by atomic mass is 32.2. The van der Waals surface area contributed by atoms with Gasteiger partial charge in [0.1, 0.15) is 22.9 Å². The first-order chi connectivity index (χ1) is 13.8. The molecule has 2 aromatic rings. The molecule has 2 amide bonds. The molecule has 0 fully saturated rings. The third kappa shape index (κ3) is 3.81. The maximum absolute atomic E-state index is 13.0. The van der Waals surface area contributed by atoms with E-state index in [-0.39, 0.29) is 10.5 Å². The Morgan fingerprint density at radius 1 is 1.03 bits per heavy atom. The number of methoxy groups -OCH3 is 2. The zero-order valence-corrected chi connectivity index (χ0v) is 16.9. The summed E-state index contributed by atoms with van der Waals surface area (Å²) in [6, 6.07) is 13.0. The highest BCUT2D eigenvalue weighted by Crippen LogP contribution is 2.36. The van der Waals surface area contributed by atoms with Gasteiger partial charge in [-0.15, -0.1) is 0 Å². The molecule has 0 aliphatic carbocycles. The number of carbonyl (C=O) groups is 2. The van der Waals surface area contributed by atoms with Crippen molar-refractivity contribution in [3.05, 3.63) is 59.7 Å². The van der Waals surface area contributed by atoms with Crippen LogP contribution in [-0.4, -0.2) is 45.3 Å². The Balaban J connectivity index is 1.84. The van der Waals surface area contributed by atoms with Crippen molar-refractivity contribution in [3.8, 4) is 11.5 Å². The fraction of sp³-hybridized carbons (Fsp3) is 0.200. The maximum Gasteiger partial charge on any atom is 0.268 e. The molecular formula is C20H20N2O6S. The lowest BCUT2D eigenvalue weighted by Gasteiger charge is -2.17. The minimum Gasteiger partial charge on any atom is -0.497 e. The van der Waals surface area contributed by atoms with E-state index in [1.807, 2.05) is 0 Å². The number of sulfonamides is 1. The van der Waals surface area contributed by atoms with Crippen LogP contribution < -0.4 is 14.8 Å². The summed E-state index contributed by atoms with van der Waals surface area (Å²) in [6.07, 6.45) is 0. The summed E-state index contributed by atoms with van der Waals surface area (Å²) in [6.45, 7) is 0.786. The van der Waals surface area contributed by atoms with Crippen LogP contribution in [0, 0.1) is 0 Å². The van der Waals surface area contributed by atoms with Gasteiger partial charge in [0.2, 0.25) is 5.91 Å². The van der Waals surface area contributed by atoms with Gasteiger partial charge in [-0.1, -0.05) is 12.1 Å². The summed E-state index contributed by atoms with van der Waals surface area (Å²) in [5.74, 6) is -0.410. The van der Waals surface area contributed by atoms with Crippen molar-refractivity contribution in [3.63, 3.8) is 0 Å². The third-order valence-electron chi connectivity index (χ3n) is 4.46. The van der Waals surface area contributed by atoms with E-state index < -0.39 is 28.4 Å². The van der Waals surface area contributed by atoms with Crippen molar-refractivity contribution in [2.45, 2.75) is 6.92 Å². The van der Waals surface area contributed by atoms with E-state index in [9.17, 15) is 18.0 Å². The Morgan fingerprint density at radius 3 is 2.31 bits per heavy atom. The quantitative estimate of drug-likeness (QED) is 0.775. The van der Waals surface area contributed by atoms with Crippen LogP contribution in [0.3, 0.4) is 0 Å². The van der Waals surface area contributed by atoms with E-state index in [1.165, 1.54) is 21.1 Å². The predicted molar refractivity (Wildman–Crippen MR) is 108 cm³/mol.